The smallest absolute Gasteiger partial charge is 0.475 e. The zero-order chi connectivity index (χ0) is 39.1. The van der Waals surface area contributed by atoms with E-state index >= 15 is 0 Å². The third-order valence-corrected chi connectivity index (χ3v) is 4.75. The minimum Gasteiger partial charge on any atom is -0.475 e. The number of halogens is 10. The van der Waals surface area contributed by atoms with Crippen molar-refractivity contribution in [1.82, 2.24) is 4.98 Å². The minimum absolute atomic E-state index is 0.273. The number of carbonyl (C=O) groups is 4. The van der Waals surface area contributed by atoms with Gasteiger partial charge in [-0.2, -0.15) is 39.5 Å². The molecule has 2 atom stereocenters. The van der Waals surface area contributed by atoms with Crippen LogP contribution in [0.4, 0.5) is 49.6 Å². The summed E-state index contributed by atoms with van der Waals surface area (Å²) < 4.78 is 120. The number of nitrogen functional groups attached to an aromatic ring is 1. The Labute approximate surface area is 270 Å². The van der Waals surface area contributed by atoms with Crippen molar-refractivity contribution in [2.24, 2.45) is 5.73 Å². The van der Waals surface area contributed by atoms with Crippen molar-refractivity contribution >= 4 is 29.6 Å². The number of carboxylic acid groups (broad SMARTS) is 3. The van der Waals surface area contributed by atoms with Crippen LogP contribution in [0.3, 0.4) is 0 Å². The van der Waals surface area contributed by atoms with E-state index in [0.717, 1.165) is 5.56 Å². The van der Waals surface area contributed by atoms with Gasteiger partial charge in [0.15, 0.2) is 6.10 Å². The Morgan fingerprint density at radius 3 is 1.63 bits per heavy atom. The predicted octanol–water partition coefficient (Wildman–Crippen LogP) is 5.51. The number of pyridine rings is 1. The largest absolute Gasteiger partial charge is 0.490 e. The summed E-state index contributed by atoms with van der Waals surface area (Å²) in [5.74, 6) is -9.05. The summed E-state index contributed by atoms with van der Waals surface area (Å²) in [4.78, 5) is 42.9. The molecule has 7 N–H and O–H groups in total. The predicted molar refractivity (Wildman–Crippen MR) is 148 cm³/mol. The lowest BCUT2D eigenvalue weighted by atomic mass is 10.0. The van der Waals surface area contributed by atoms with Gasteiger partial charge in [0.05, 0.1) is 5.69 Å². The van der Waals surface area contributed by atoms with E-state index in [-0.39, 0.29) is 12.4 Å². The summed E-state index contributed by atoms with van der Waals surface area (Å²) in [5, 5.41) is 21.4. The number of hydrogen-bond donors (Lipinski definition) is 5. The number of carbonyl (C=O) groups excluding carboxylic acids is 1. The van der Waals surface area contributed by atoms with Gasteiger partial charge in [0.1, 0.15) is 11.4 Å². The quantitative estimate of drug-likeness (QED) is 0.136. The van der Waals surface area contributed by atoms with E-state index in [1.54, 1.807) is 46.0 Å². The Balaban J connectivity index is 0. The molecule has 22 heteroatoms. The Morgan fingerprint density at radius 2 is 1.24 bits per heavy atom. The number of carboxylic acids is 3. The van der Waals surface area contributed by atoms with Crippen LogP contribution in [0.25, 0.3) is 11.1 Å². The van der Waals surface area contributed by atoms with Crippen molar-refractivity contribution in [3.63, 3.8) is 0 Å². The Bertz CT molecular complexity index is 1340. The lowest BCUT2D eigenvalue weighted by Gasteiger charge is -2.22. The fourth-order valence-corrected chi connectivity index (χ4v) is 2.57. The van der Waals surface area contributed by atoms with E-state index in [0.29, 0.717) is 23.4 Å². The molecule has 2 rings (SSSR count). The Morgan fingerprint density at radius 1 is 0.816 bits per heavy atom. The van der Waals surface area contributed by atoms with Gasteiger partial charge in [0.25, 0.3) is 0 Å². The number of nitrogens with two attached hydrogens (primary N) is 2. The minimum atomic E-state index is -5.08. The topological polar surface area (TPSA) is 212 Å². The number of ether oxygens (including phenoxy) is 2. The third-order valence-electron chi connectivity index (χ3n) is 4.75. The normalized spacial score (nSPS) is 12.7. The fraction of sp³-hybridized carbons (Fsp3) is 0.444. The lowest BCUT2D eigenvalue weighted by molar-refractivity contribution is -0.193. The Kier molecular flexibility index (Phi) is 18.3. The van der Waals surface area contributed by atoms with Gasteiger partial charge < -0.3 is 36.3 Å². The van der Waals surface area contributed by atoms with Gasteiger partial charge >= 0.3 is 42.4 Å². The van der Waals surface area contributed by atoms with Crippen LogP contribution >= 0.6 is 0 Å². The van der Waals surface area contributed by atoms with Crippen molar-refractivity contribution in [3.05, 3.63) is 48.0 Å². The second kappa shape index (κ2) is 19.3. The van der Waals surface area contributed by atoms with E-state index in [4.69, 9.17) is 50.6 Å². The number of rotatable bonds is 7. The molecule has 0 bridgehead atoms. The monoisotopic (exact) mass is 731 g/mol. The van der Waals surface area contributed by atoms with Crippen molar-refractivity contribution in [2.45, 2.75) is 70.4 Å². The number of aliphatic carboxylic acids is 3. The van der Waals surface area contributed by atoms with E-state index in [2.05, 4.69) is 4.98 Å². The van der Waals surface area contributed by atoms with Crippen LogP contribution in [-0.2, 0) is 28.7 Å². The molecule has 0 aliphatic rings. The van der Waals surface area contributed by atoms with Crippen LogP contribution in [0.15, 0.2) is 36.5 Å². The van der Waals surface area contributed by atoms with Crippen LogP contribution in [-0.4, -0.2) is 81.0 Å². The summed E-state index contributed by atoms with van der Waals surface area (Å²) >= 11 is 0. The van der Waals surface area contributed by atoms with Crippen molar-refractivity contribution < 1.29 is 87.9 Å². The second-order valence-electron chi connectivity index (χ2n) is 10.1. The first-order valence-electron chi connectivity index (χ1n) is 12.9. The first-order chi connectivity index (χ1) is 21.9. The van der Waals surface area contributed by atoms with E-state index < -0.39 is 60.2 Å². The third kappa shape index (κ3) is 21.0. The van der Waals surface area contributed by atoms with E-state index in [1.165, 1.54) is 18.2 Å². The molecule has 0 aliphatic carbocycles. The number of nitrogens with zero attached hydrogens (tertiary/aromatic N) is 1. The molecule has 278 valence electrons. The molecule has 0 aliphatic heterocycles. The van der Waals surface area contributed by atoms with Crippen LogP contribution in [0.1, 0.15) is 45.9 Å². The van der Waals surface area contributed by atoms with Crippen molar-refractivity contribution in [2.75, 3.05) is 12.3 Å². The van der Waals surface area contributed by atoms with Gasteiger partial charge in [-0.15, -0.1) is 0 Å². The summed E-state index contributed by atoms with van der Waals surface area (Å²) in [7, 11) is 0. The van der Waals surface area contributed by atoms with Crippen LogP contribution < -0.4 is 11.5 Å². The molecule has 12 nitrogen and oxygen atoms in total. The molecule has 0 fully saturated rings. The first kappa shape index (κ1) is 46.4. The van der Waals surface area contributed by atoms with Crippen molar-refractivity contribution in [1.29, 1.82) is 0 Å². The Hall–Kier alpha value is -4.73. The van der Waals surface area contributed by atoms with Gasteiger partial charge in [0.2, 0.25) is 0 Å². The standard InChI is InChI=1S/C21H28FN3O3.3C2HF3O2/c1-13(20(26)28-21(2,3)4)27-10-8-18(24)19-11-14(7-9-25-19)16-12-15(22)5-6-17(16)23;3*3-2(4,5)1(6)7/h5-7,9,11-13,18H,8,10,23-24H2,1-4H3;3*(H,6,7)/t13?,18-;;;/m0.../s1. The van der Waals surface area contributed by atoms with Crippen LogP contribution in [0.5, 0.6) is 0 Å². The summed E-state index contributed by atoms with van der Waals surface area (Å²) in [6.45, 7) is 7.33. The lowest BCUT2D eigenvalue weighted by Crippen LogP contribution is -2.32. The van der Waals surface area contributed by atoms with Gasteiger partial charge in [0, 0.05) is 30.1 Å². The maximum Gasteiger partial charge on any atom is 0.490 e. The van der Waals surface area contributed by atoms with Crippen LogP contribution in [0, 0.1) is 5.82 Å². The van der Waals surface area contributed by atoms with Gasteiger partial charge in [-0.3, -0.25) is 4.98 Å². The SMILES string of the molecule is CC(OCC[C@H](N)c1cc(-c2cc(F)ccc2N)ccn1)C(=O)OC(C)(C)C.O=C(O)C(F)(F)F.O=C(O)C(F)(F)F.O=C(O)C(F)(F)F. The highest BCUT2D eigenvalue weighted by Crippen LogP contribution is 2.28. The molecule has 1 heterocycles. The highest BCUT2D eigenvalue weighted by Gasteiger charge is 2.39. The molecule has 1 unspecified atom stereocenters. The summed E-state index contributed by atoms with van der Waals surface area (Å²) in [6.07, 6.45) is -13.9. The fourth-order valence-electron chi connectivity index (χ4n) is 2.57. The molecular formula is C27H31F10N3O9. The molecule has 0 amide bonds. The average molecular weight is 732 g/mol. The van der Waals surface area contributed by atoms with Crippen LogP contribution in [0.2, 0.25) is 0 Å². The zero-order valence-electron chi connectivity index (χ0n) is 25.7. The molecule has 49 heavy (non-hydrogen) atoms. The van der Waals surface area contributed by atoms with Gasteiger partial charge in [-0.25, -0.2) is 23.6 Å². The molecule has 1 aromatic heterocycles. The number of alkyl halides is 9. The highest BCUT2D eigenvalue weighted by molar-refractivity contribution is 5.76. The number of benzene rings is 1. The van der Waals surface area contributed by atoms with Crippen molar-refractivity contribution in [3.8, 4) is 11.1 Å². The van der Waals surface area contributed by atoms with Gasteiger partial charge in [-0.1, -0.05) is 0 Å². The van der Waals surface area contributed by atoms with Gasteiger partial charge in [-0.05, 0) is 70.0 Å². The summed E-state index contributed by atoms with van der Waals surface area (Å²) in [5.41, 5.74) is 14.0. The average Bonchev–Trinajstić information content (AvgIpc) is 2.92. The number of aromatic nitrogens is 1. The maximum atomic E-state index is 13.6. The molecular weight excluding hydrogens is 700 g/mol. The molecule has 0 saturated heterocycles. The first-order valence-corrected chi connectivity index (χ1v) is 12.9. The molecule has 1 aromatic carbocycles. The molecule has 2 aromatic rings. The number of hydrogen-bond acceptors (Lipinski definition) is 9. The highest BCUT2D eigenvalue weighted by atomic mass is 19.4. The number of anilines is 1. The second-order valence-corrected chi connectivity index (χ2v) is 10.1. The zero-order valence-corrected chi connectivity index (χ0v) is 25.7. The number of esters is 1. The molecule has 0 spiro atoms. The van der Waals surface area contributed by atoms with E-state index in [9.17, 15) is 48.7 Å². The summed E-state index contributed by atoms with van der Waals surface area (Å²) in [6, 6.07) is 7.36. The maximum absolute atomic E-state index is 13.6. The molecule has 0 radical (unpaired) electrons. The molecule has 0 saturated carbocycles. The van der Waals surface area contributed by atoms with E-state index in [1.807, 2.05) is 0 Å².